The Hall–Kier alpha value is -1.83. The van der Waals surface area contributed by atoms with Gasteiger partial charge in [0.2, 0.25) is 5.91 Å². The van der Waals surface area contributed by atoms with Crippen molar-refractivity contribution in [3.05, 3.63) is 54.1 Å². The van der Waals surface area contributed by atoms with Gasteiger partial charge in [-0.1, -0.05) is 6.07 Å². The molecule has 1 atom stereocenters. The Balaban J connectivity index is 0.00000312. The number of pyridine rings is 1. The van der Waals surface area contributed by atoms with Gasteiger partial charge in [-0.25, -0.2) is 4.39 Å². The van der Waals surface area contributed by atoms with Crippen molar-refractivity contribution < 1.29 is 13.9 Å². The largest absolute Gasteiger partial charge is 0.484 e. The van der Waals surface area contributed by atoms with Gasteiger partial charge in [0.25, 0.3) is 0 Å². The van der Waals surface area contributed by atoms with E-state index in [1.54, 1.807) is 36.2 Å². The van der Waals surface area contributed by atoms with Crippen LogP contribution in [0.5, 0.6) is 5.75 Å². The highest BCUT2D eigenvalue weighted by atomic mass is 35.5. The number of rotatable bonds is 8. The minimum atomic E-state index is -0.611. The van der Waals surface area contributed by atoms with Crippen LogP contribution in [0.1, 0.15) is 12.1 Å². The molecule has 136 valence electrons. The second-order valence-corrected chi connectivity index (χ2v) is 6.12. The van der Waals surface area contributed by atoms with Crippen LogP contribution < -0.4 is 15.8 Å². The van der Waals surface area contributed by atoms with Gasteiger partial charge in [0.05, 0.1) is 11.7 Å². The fourth-order valence-corrected chi connectivity index (χ4v) is 2.43. The van der Waals surface area contributed by atoms with E-state index in [0.717, 1.165) is 5.75 Å². The van der Waals surface area contributed by atoms with E-state index >= 15 is 0 Å². The van der Waals surface area contributed by atoms with E-state index in [1.165, 1.54) is 12.1 Å². The maximum Gasteiger partial charge on any atom is 0.241 e. The summed E-state index contributed by atoms with van der Waals surface area (Å²) in [6.07, 6.45) is 4.17. The number of benzene rings is 1. The van der Waals surface area contributed by atoms with Gasteiger partial charge in [-0.15, -0.1) is 12.4 Å². The molecule has 0 radical (unpaired) electrons. The van der Waals surface area contributed by atoms with E-state index in [9.17, 15) is 9.18 Å². The maximum absolute atomic E-state index is 14.1. The first-order valence-electron chi connectivity index (χ1n) is 7.48. The minimum absolute atomic E-state index is 0. The zero-order valence-corrected chi connectivity index (χ0v) is 15.4. The number of halogens is 2. The Morgan fingerprint density at radius 1 is 1.40 bits per heavy atom. The van der Waals surface area contributed by atoms with Crippen LogP contribution in [-0.4, -0.2) is 28.9 Å². The Morgan fingerprint density at radius 2 is 2.20 bits per heavy atom. The molecule has 25 heavy (non-hydrogen) atoms. The molecular formula is C17H21ClFN3O2S. The van der Waals surface area contributed by atoms with Crippen LogP contribution in [0, 0.1) is 5.82 Å². The number of amides is 1. The molecule has 0 aliphatic carbocycles. The lowest BCUT2D eigenvalue weighted by atomic mass is 10.2. The second kappa shape index (κ2) is 10.9. The first kappa shape index (κ1) is 21.2. The average molecular weight is 386 g/mol. The van der Waals surface area contributed by atoms with Crippen molar-refractivity contribution in [3.63, 3.8) is 0 Å². The molecule has 1 heterocycles. The Bertz CT molecular complexity index is 676. The normalized spacial score (nSPS) is 11.3. The molecule has 8 heteroatoms. The van der Waals surface area contributed by atoms with Crippen molar-refractivity contribution in [2.75, 3.05) is 17.3 Å². The topological polar surface area (TPSA) is 77.2 Å². The molecule has 5 nitrogen and oxygen atoms in total. The van der Waals surface area contributed by atoms with Crippen molar-refractivity contribution in [2.24, 2.45) is 5.73 Å². The van der Waals surface area contributed by atoms with Crippen molar-refractivity contribution >= 4 is 35.8 Å². The summed E-state index contributed by atoms with van der Waals surface area (Å²) in [5.74, 6) is 0.0147. The third-order valence-electron chi connectivity index (χ3n) is 3.27. The SMILES string of the molecule is CSCC[C@H](N)C(=O)Nc1ccc(OCc2ccccn2)c(F)c1.Cl. The van der Waals surface area contributed by atoms with Crippen LogP contribution in [0.25, 0.3) is 0 Å². The molecule has 3 N–H and O–H groups in total. The van der Waals surface area contributed by atoms with Crippen molar-refractivity contribution in [2.45, 2.75) is 19.1 Å². The zero-order valence-electron chi connectivity index (χ0n) is 13.8. The minimum Gasteiger partial charge on any atom is -0.484 e. The summed E-state index contributed by atoms with van der Waals surface area (Å²) in [6.45, 7) is 0.170. The van der Waals surface area contributed by atoms with Gasteiger partial charge >= 0.3 is 0 Å². The number of aromatic nitrogens is 1. The summed E-state index contributed by atoms with van der Waals surface area (Å²) in [5, 5.41) is 2.61. The van der Waals surface area contributed by atoms with Crippen LogP contribution in [0.15, 0.2) is 42.6 Å². The number of hydrogen-bond acceptors (Lipinski definition) is 5. The summed E-state index contributed by atoms with van der Waals surface area (Å²) in [4.78, 5) is 16.0. The van der Waals surface area contributed by atoms with Crippen molar-refractivity contribution in [1.82, 2.24) is 4.98 Å². The fourth-order valence-electron chi connectivity index (χ4n) is 1.94. The van der Waals surface area contributed by atoms with Crippen LogP contribution in [0.2, 0.25) is 0 Å². The predicted octanol–water partition coefficient (Wildman–Crippen LogP) is 3.24. The van der Waals surface area contributed by atoms with Crippen molar-refractivity contribution in [1.29, 1.82) is 0 Å². The molecule has 1 aromatic heterocycles. The molecule has 0 saturated carbocycles. The third kappa shape index (κ3) is 6.89. The van der Waals surface area contributed by atoms with E-state index in [4.69, 9.17) is 10.5 Å². The van der Waals surface area contributed by atoms with Crippen molar-refractivity contribution in [3.8, 4) is 5.75 Å². The van der Waals surface area contributed by atoms with Gasteiger partial charge in [-0.2, -0.15) is 11.8 Å². The molecule has 0 aliphatic heterocycles. The highest BCUT2D eigenvalue weighted by Gasteiger charge is 2.14. The number of thioether (sulfide) groups is 1. The van der Waals surface area contributed by atoms with E-state index in [0.29, 0.717) is 17.8 Å². The van der Waals surface area contributed by atoms with Gasteiger partial charge < -0.3 is 15.8 Å². The van der Waals surface area contributed by atoms with Gasteiger partial charge in [0.1, 0.15) is 6.61 Å². The third-order valence-corrected chi connectivity index (χ3v) is 3.91. The second-order valence-electron chi connectivity index (χ2n) is 5.13. The molecule has 2 rings (SSSR count). The molecule has 0 aliphatic rings. The van der Waals surface area contributed by atoms with Crippen LogP contribution in [-0.2, 0) is 11.4 Å². The number of carbonyl (C=O) groups excluding carboxylic acids is 1. The quantitative estimate of drug-likeness (QED) is 0.729. The van der Waals surface area contributed by atoms with Gasteiger partial charge in [-0.05, 0) is 42.7 Å². The standard InChI is InChI=1S/C17H20FN3O2S.ClH/c1-24-9-7-15(19)17(22)21-12-5-6-16(14(18)10-12)23-11-13-4-2-3-8-20-13;/h2-6,8,10,15H,7,9,11,19H2,1H3,(H,21,22);1H/t15-;/m0./s1. The number of carbonyl (C=O) groups is 1. The summed E-state index contributed by atoms with van der Waals surface area (Å²) in [7, 11) is 0. The number of hydrogen-bond donors (Lipinski definition) is 2. The summed E-state index contributed by atoms with van der Waals surface area (Å²) in [5.41, 5.74) is 6.83. The maximum atomic E-state index is 14.1. The zero-order chi connectivity index (χ0) is 17.4. The molecule has 0 bridgehead atoms. The fraction of sp³-hybridized carbons (Fsp3) is 0.294. The first-order valence-corrected chi connectivity index (χ1v) is 8.87. The molecule has 0 saturated heterocycles. The molecule has 2 aromatic rings. The number of anilines is 1. The lowest BCUT2D eigenvalue weighted by molar-refractivity contribution is -0.117. The number of ether oxygens (including phenoxy) is 1. The van der Waals surface area contributed by atoms with E-state index in [2.05, 4.69) is 10.3 Å². The lowest BCUT2D eigenvalue weighted by Crippen LogP contribution is -2.36. The summed E-state index contributed by atoms with van der Waals surface area (Å²) < 4.78 is 19.5. The Morgan fingerprint density at radius 3 is 2.84 bits per heavy atom. The molecule has 0 fully saturated rings. The number of nitrogens with one attached hydrogen (secondary N) is 1. The van der Waals surface area contributed by atoms with Gasteiger partial charge in [0, 0.05) is 18.0 Å². The molecule has 1 aromatic carbocycles. The average Bonchev–Trinajstić information content (AvgIpc) is 2.59. The van der Waals surface area contributed by atoms with E-state index < -0.39 is 11.9 Å². The molecule has 1 amide bonds. The number of nitrogens with zero attached hydrogens (tertiary/aromatic N) is 1. The van der Waals surface area contributed by atoms with E-state index in [-0.39, 0.29) is 30.7 Å². The lowest BCUT2D eigenvalue weighted by Gasteiger charge is -2.13. The highest BCUT2D eigenvalue weighted by Crippen LogP contribution is 2.22. The predicted molar refractivity (Wildman–Crippen MR) is 102 cm³/mol. The van der Waals surface area contributed by atoms with Crippen LogP contribution in [0.4, 0.5) is 10.1 Å². The van der Waals surface area contributed by atoms with Crippen LogP contribution in [0.3, 0.4) is 0 Å². The van der Waals surface area contributed by atoms with E-state index in [1.807, 2.05) is 12.3 Å². The highest BCUT2D eigenvalue weighted by molar-refractivity contribution is 7.98. The number of nitrogens with two attached hydrogens (primary N) is 1. The first-order chi connectivity index (χ1) is 11.6. The summed E-state index contributed by atoms with van der Waals surface area (Å²) >= 11 is 1.62. The van der Waals surface area contributed by atoms with Gasteiger partial charge in [-0.3, -0.25) is 9.78 Å². The Labute approximate surface area is 157 Å². The van der Waals surface area contributed by atoms with Crippen LogP contribution >= 0.6 is 24.2 Å². The molecular weight excluding hydrogens is 365 g/mol. The smallest absolute Gasteiger partial charge is 0.241 e. The molecule has 0 spiro atoms. The molecule has 0 unspecified atom stereocenters. The van der Waals surface area contributed by atoms with Gasteiger partial charge in [0.15, 0.2) is 11.6 Å². The Kier molecular flexibility index (Phi) is 9.26. The summed E-state index contributed by atoms with van der Waals surface area (Å²) in [6, 6.07) is 9.08. The monoisotopic (exact) mass is 385 g/mol.